The number of rotatable bonds is 3. The fourth-order valence-electron chi connectivity index (χ4n) is 4.24. The summed E-state index contributed by atoms with van der Waals surface area (Å²) in [6.45, 7) is 1.09. The highest BCUT2D eigenvalue weighted by Gasteiger charge is 2.50. The van der Waals surface area contributed by atoms with E-state index in [1.165, 1.54) is 5.56 Å². The zero-order chi connectivity index (χ0) is 15.0. The largest absolute Gasteiger partial charge is 0.493 e. The maximum Gasteiger partial charge on any atom is 0.161 e. The number of hydrogen-bond donors (Lipinski definition) is 1. The van der Waals surface area contributed by atoms with Crippen molar-refractivity contribution in [1.29, 1.82) is 0 Å². The van der Waals surface area contributed by atoms with E-state index in [0.717, 1.165) is 43.7 Å². The lowest BCUT2D eigenvalue weighted by Gasteiger charge is -2.43. The van der Waals surface area contributed by atoms with Crippen LogP contribution in [0.15, 0.2) is 18.2 Å². The van der Waals surface area contributed by atoms with Gasteiger partial charge in [0.25, 0.3) is 0 Å². The third kappa shape index (κ3) is 2.30. The summed E-state index contributed by atoms with van der Waals surface area (Å²) in [4.78, 5) is 2.40. The molecule has 0 aromatic heterocycles. The Morgan fingerprint density at radius 3 is 2.67 bits per heavy atom. The van der Waals surface area contributed by atoms with Crippen LogP contribution in [0.25, 0.3) is 0 Å². The molecule has 1 saturated heterocycles. The molecule has 0 unspecified atom stereocenters. The van der Waals surface area contributed by atoms with Gasteiger partial charge in [-0.1, -0.05) is 6.07 Å². The molecule has 1 heterocycles. The second-order valence-electron chi connectivity index (χ2n) is 6.40. The van der Waals surface area contributed by atoms with E-state index in [4.69, 9.17) is 9.47 Å². The Bertz CT molecular complexity index is 519. The minimum absolute atomic E-state index is 0.146. The summed E-state index contributed by atoms with van der Waals surface area (Å²) < 4.78 is 10.8. The minimum Gasteiger partial charge on any atom is -0.493 e. The molecular weight excluding hydrogens is 266 g/mol. The third-order valence-electron chi connectivity index (χ3n) is 5.46. The monoisotopic (exact) mass is 291 g/mol. The fourth-order valence-corrected chi connectivity index (χ4v) is 4.24. The van der Waals surface area contributed by atoms with Gasteiger partial charge in [0.1, 0.15) is 0 Å². The molecule has 3 rings (SSSR count). The molecule has 0 spiro atoms. The summed E-state index contributed by atoms with van der Waals surface area (Å²) in [5, 5.41) is 10.0. The van der Waals surface area contributed by atoms with Crippen LogP contribution in [0.2, 0.25) is 0 Å². The molecule has 1 N–H and O–H groups in total. The molecule has 0 radical (unpaired) electrons. The molecule has 0 bridgehead atoms. The minimum atomic E-state index is -0.163. The van der Waals surface area contributed by atoms with E-state index in [2.05, 4.69) is 24.1 Å². The van der Waals surface area contributed by atoms with E-state index >= 15 is 0 Å². The van der Waals surface area contributed by atoms with E-state index in [1.807, 2.05) is 6.07 Å². The van der Waals surface area contributed by atoms with Gasteiger partial charge in [0.2, 0.25) is 0 Å². The normalized spacial score (nSPS) is 32.8. The second-order valence-corrected chi connectivity index (χ2v) is 6.40. The van der Waals surface area contributed by atoms with Crippen LogP contribution in [0.4, 0.5) is 0 Å². The number of aliphatic hydroxyl groups is 1. The number of methoxy groups -OCH3 is 2. The molecule has 21 heavy (non-hydrogen) atoms. The number of fused-ring (bicyclic) bond motifs is 1. The number of hydrogen-bond acceptors (Lipinski definition) is 4. The quantitative estimate of drug-likeness (QED) is 0.927. The zero-order valence-corrected chi connectivity index (χ0v) is 13.1. The molecule has 4 nitrogen and oxygen atoms in total. The summed E-state index contributed by atoms with van der Waals surface area (Å²) in [7, 11) is 5.52. The highest BCUT2D eigenvalue weighted by atomic mass is 16.5. The molecule has 1 saturated carbocycles. The zero-order valence-electron chi connectivity index (χ0n) is 13.1. The van der Waals surface area contributed by atoms with Crippen LogP contribution in [0, 0.1) is 0 Å². The average molecular weight is 291 g/mol. The Morgan fingerprint density at radius 1 is 1.19 bits per heavy atom. The predicted octanol–water partition coefficient (Wildman–Crippen LogP) is 2.19. The van der Waals surface area contributed by atoms with Crippen LogP contribution in [0.5, 0.6) is 11.5 Å². The predicted molar refractivity (Wildman–Crippen MR) is 82.1 cm³/mol. The Balaban J connectivity index is 2.01. The molecule has 1 aliphatic carbocycles. The van der Waals surface area contributed by atoms with Crippen LogP contribution in [-0.2, 0) is 5.41 Å². The number of nitrogens with zero attached hydrogens (tertiary/aromatic N) is 1. The van der Waals surface area contributed by atoms with Gasteiger partial charge in [0.15, 0.2) is 11.5 Å². The topological polar surface area (TPSA) is 41.9 Å². The van der Waals surface area contributed by atoms with Crippen molar-refractivity contribution in [2.24, 2.45) is 0 Å². The number of ether oxygens (including phenoxy) is 2. The second kappa shape index (κ2) is 5.50. The number of likely N-dealkylation sites (N-methyl/N-ethyl adjacent to an activating group) is 1. The molecule has 116 valence electrons. The Hall–Kier alpha value is -1.26. The van der Waals surface area contributed by atoms with Crippen molar-refractivity contribution in [2.45, 2.75) is 43.2 Å². The Morgan fingerprint density at radius 2 is 1.95 bits per heavy atom. The molecule has 2 aliphatic rings. The van der Waals surface area contributed by atoms with Gasteiger partial charge in [0, 0.05) is 11.5 Å². The van der Waals surface area contributed by atoms with Crippen molar-refractivity contribution in [3.05, 3.63) is 23.8 Å². The Labute approximate surface area is 126 Å². The molecule has 3 atom stereocenters. The lowest BCUT2D eigenvalue weighted by Crippen LogP contribution is -2.47. The van der Waals surface area contributed by atoms with Gasteiger partial charge in [-0.25, -0.2) is 0 Å². The molecule has 0 amide bonds. The Kier molecular flexibility index (Phi) is 3.84. The first-order chi connectivity index (χ1) is 10.1. The van der Waals surface area contributed by atoms with E-state index in [0.29, 0.717) is 6.04 Å². The average Bonchev–Trinajstić information content (AvgIpc) is 2.85. The molecule has 1 aliphatic heterocycles. The lowest BCUT2D eigenvalue weighted by molar-refractivity contribution is 0.0566. The maximum atomic E-state index is 10.0. The van der Waals surface area contributed by atoms with Crippen LogP contribution in [-0.4, -0.2) is 50.0 Å². The van der Waals surface area contributed by atoms with Crippen molar-refractivity contribution < 1.29 is 14.6 Å². The van der Waals surface area contributed by atoms with Crippen LogP contribution >= 0.6 is 0 Å². The first kappa shape index (κ1) is 14.7. The van der Waals surface area contributed by atoms with E-state index in [1.54, 1.807) is 14.2 Å². The van der Waals surface area contributed by atoms with E-state index in [9.17, 15) is 5.11 Å². The highest BCUT2D eigenvalue weighted by molar-refractivity contribution is 5.46. The number of benzene rings is 1. The summed E-state index contributed by atoms with van der Waals surface area (Å²) >= 11 is 0. The summed E-state index contributed by atoms with van der Waals surface area (Å²) in [5.41, 5.74) is 1.47. The number of aliphatic hydroxyl groups excluding tert-OH is 1. The van der Waals surface area contributed by atoms with Gasteiger partial charge in [-0.05, 0) is 57.0 Å². The van der Waals surface area contributed by atoms with Crippen LogP contribution in [0.1, 0.15) is 31.2 Å². The molecule has 2 fully saturated rings. The van der Waals surface area contributed by atoms with Crippen molar-refractivity contribution in [3.8, 4) is 11.5 Å². The standard InChI is InChI=1S/C17H25NO3/c1-18-9-8-17(7-6-13(19)11-16(17)18)12-4-5-14(20-2)15(10-12)21-3/h4-5,10,13,16,19H,6-9,11H2,1-3H3/t13-,16-,17-/m0/s1. The highest BCUT2D eigenvalue weighted by Crippen LogP contribution is 2.49. The molecule has 4 heteroatoms. The van der Waals surface area contributed by atoms with Gasteiger partial charge < -0.3 is 19.5 Å². The van der Waals surface area contributed by atoms with Crippen molar-refractivity contribution >= 4 is 0 Å². The van der Waals surface area contributed by atoms with Gasteiger partial charge >= 0.3 is 0 Å². The smallest absolute Gasteiger partial charge is 0.161 e. The maximum absolute atomic E-state index is 10.0. The first-order valence-electron chi connectivity index (χ1n) is 7.71. The van der Waals surface area contributed by atoms with E-state index in [-0.39, 0.29) is 11.5 Å². The van der Waals surface area contributed by atoms with Crippen LogP contribution < -0.4 is 9.47 Å². The summed E-state index contributed by atoms with van der Waals surface area (Å²) in [6, 6.07) is 6.72. The lowest BCUT2D eigenvalue weighted by atomic mass is 9.65. The first-order valence-corrected chi connectivity index (χ1v) is 7.71. The molecule has 1 aromatic rings. The van der Waals surface area contributed by atoms with Crippen molar-refractivity contribution in [3.63, 3.8) is 0 Å². The number of likely N-dealkylation sites (tertiary alicyclic amines) is 1. The van der Waals surface area contributed by atoms with E-state index < -0.39 is 0 Å². The van der Waals surface area contributed by atoms with Crippen LogP contribution in [0.3, 0.4) is 0 Å². The molecule has 1 aromatic carbocycles. The van der Waals surface area contributed by atoms with Gasteiger partial charge in [0.05, 0.1) is 20.3 Å². The summed E-state index contributed by atoms with van der Waals surface area (Å²) in [6.07, 6.45) is 3.78. The fraction of sp³-hybridized carbons (Fsp3) is 0.647. The van der Waals surface area contributed by atoms with Gasteiger partial charge in [-0.2, -0.15) is 0 Å². The van der Waals surface area contributed by atoms with Gasteiger partial charge in [-0.3, -0.25) is 0 Å². The third-order valence-corrected chi connectivity index (χ3v) is 5.46. The van der Waals surface area contributed by atoms with Crippen molar-refractivity contribution in [1.82, 2.24) is 4.90 Å². The van der Waals surface area contributed by atoms with Gasteiger partial charge in [-0.15, -0.1) is 0 Å². The summed E-state index contributed by atoms with van der Waals surface area (Å²) in [5.74, 6) is 1.57. The molecular formula is C17H25NO3. The van der Waals surface area contributed by atoms with Crippen molar-refractivity contribution in [2.75, 3.05) is 27.8 Å². The SMILES string of the molecule is COc1ccc([C@@]23CC[C@H](O)C[C@@H]2N(C)CC3)cc1OC.